The van der Waals surface area contributed by atoms with E-state index in [1.165, 1.54) is 0 Å². The van der Waals surface area contributed by atoms with Gasteiger partial charge in [-0.25, -0.2) is 0 Å². The molecule has 2 atom stereocenters. The molecule has 0 aliphatic heterocycles. The van der Waals surface area contributed by atoms with Crippen molar-refractivity contribution in [3.63, 3.8) is 0 Å². The van der Waals surface area contributed by atoms with Gasteiger partial charge in [0.1, 0.15) is 0 Å². The zero-order valence-corrected chi connectivity index (χ0v) is 12.7. The van der Waals surface area contributed by atoms with Gasteiger partial charge in [-0.2, -0.15) is 0 Å². The number of nitrogens with zero attached hydrogens (tertiary/aromatic N) is 2. The summed E-state index contributed by atoms with van der Waals surface area (Å²) in [6.45, 7) is 7.20. The first kappa shape index (κ1) is 17.9. The van der Waals surface area contributed by atoms with Crippen LogP contribution in [0.15, 0.2) is 24.4 Å². The minimum Gasteiger partial charge on any atom is -0.336 e. The summed E-state index contributed by atoms with van der Waals surface area (Å²) in [5, 5.41) is 0. The van der Waals surface area contributed by atoms with Crippen molar-refractivity contribution in [3.8, 4) is 0 Å². The standard InChI is InChI=1S/C14H23N3O.ClH/c1-4-11(3)13(15)14(18)17(5-2)10-12-8-6-7-9-16-12;/h6-9,11,13H,4-5,10,15H2,1-3H3;1H. The van der Waals surface area contributed by atoms with Gasteiger partial charge in [-0.15, -0.1) is 12.4 Å². The van der Waals surface area contributed by atoms with Crippen LogP contribution in [0.4, 0.5) is 0 Å². The van der Waals surface area contributed by atoms with Gasteiger partial charge in [-0.1, -0.05) is 26.3 Å². The lowest BCUT2D eigenvalue weighted by atomic mass is 9.99. The Morgan fingerprint density at radius 3 is 2.58 bits per heavy atom. The number of carbonyl (C=O) groups excluding carboxylic acids is 1. The summed E-state index contributed by atoms with van der Waals surface area (Å²) >= 11 is 0. The Labute approximate surface area is 121 Å². The second kappa shape index (κ2) is 8.88. The van der Waals surface area contributed by atoms with Crippen LogP contribution in [0, 0.1) is 5.92 Å². The summed E-state index contributed by atoms with van der Waals surface area (Å²) < 4.78 is 0. The normalized spacial score (nSPS) is 13.3. The SMILES string of the molecule is CCC(C)C(N)C(=O)N(CC)Cc1ccccn1.Cl. The number of hydrogen-bond donors (Lipinski definition) is 1. The molecule has 1 heterocycles. The Kier molecular flexibility index (Phi) is 8.35. The van der Waals surface area contributed by atoms with Crippen LogP contribution in [0.5, 0.6) is 0 Å². The number of carbonyl (C=O) groups is 1. The van der Waals surface area contributed by atoms with Crippen LogP contribution in [-0.4, -0.2) is 28.4 Å². The van der Waals surface area contributed by atoms with Crippen molar-refractivity contribution in [3.05, 3.63) is 30.1 Å². The van der Waals surface area contributed by atoms with Crippen molar-refractivity contribution in [2.24, 2.45) is 11.7 Å². The monoisotopic (exact) mass is 285 g/mol. The van der Waals surface area contributed by atoms with Crippen molar-refractivity contribution in [1.82, 2.24) is 9.88 Å². The highest BCUT2D eigenvalue weighted by Gasteiger charge is 2.24. The van der Waals surface area contributed by atoms with Gasteiger partial charge in [0, 0.05) is 12.7 Å². The number of nitrogens with two attached hydrogens (primary N) is 1. The lowest BCUT2D eigenvalue weighted by Gasteiger charge is -2.26. The molecule has 1 aromatic rings. The molecule has 2 unspecified atom stereocenters. The van der Waals surface area contributed by atoms with Crippen molar-refractivity contribution < 1.29 is 4.79 Å². The topological polar surface area (TPSA) is 59.2 Å². The third kappa shape index (κ3) is 5.17. The molecule has 2 N–H and O–H groups in total. The molecule has 1 rings (SSSR count). The maximum absolute atomic E-state index is 12.3. The minimum atomic E-state index is -0.418. The summed E-state index contributed by atoms with van der Waals surface area (Å²) in [6.07, 6.45) is 2.65. The first-order valence-electron chi connectivity index (χ1n) is 6.54. The quantitative estimate of drug-likeness (QED) is 0.872. The zero-order chi connectivity index (χ0) is 13.5. The molecule has 0 bridgehead atoms. The van der Waals surface area contributed by atoms with E-state index in [-0.39, 0.29) is 24.2 Å². The number of likely N-dealkylation sites (N-methyl/N-ethyl adjacent to an activating group) is 1. The number of pyridine rings is 1. The smallest absolute Gasteiger partial charge is 0.240 e. The maximum Gasteiger partial charge on any atom is 0.240 e. The van der Waals surface area contributed by atoms with Crippen LogP contribution in [0.3, 0.4) is 0 Å². The van der Waals surface area contributed by atoms with Crippen molar-refractivity contribution in [2.45, 2.75) is 39.8 Å². The fourth-order valence-corrected chi connectivity index (χ4v) is 1.74. The molecule has 1 amide bonds. The first-order valence-corrected chi connectivity index (χ1v) is 6.54. The number of rotatable bonds is 6. The van der Waals surface area contributed by atoms with Crippen molar-refractivity contribution in [2.75, 3.05) is 6.54 Å². The summed E-state index contributed by atoms with van der Waals surface area (Å²) in [5.41, 5.74) is 6.88. The van der Waals surface area contributed by atoms with Crippen LogP contribution in [0.1, 0.15) is 32.9 Å². The molecule has 1 aromatic heterocycles. The Morgan fingerprint density at radius 1 is 1.42 bits per heavy atom. The van der Waals surface area contributed by atoms with Gasteiger partial charge < -0.3 is 10.6 Å². The molecule has 108 valence electrons. The van der Waals surface area contributed by atoms with Crippen LogP contribution in [-0.2, 0) is 11.3 Å². The molecule has 0 saturated carbocycles. The number of amides is 1. The third-order valence-electron chi connectivity index (χ3n) is 3.31. The predicted molar refractivity (Wildman–Crippen MR) is 80.0 cm³/mol. The average molecular weight is 286 g/mol. The van der Waals surface area contributed by atoms with Gasteiger partial charge in [-0.05, 0) is 25.0 Å². The van der Waals surface area contributed by atoms with Crippen LogP contribution in [0.2, 0.25) is 0 Å². The molecule has 19 heavy (non-hydrogen) atoms. The van der Waals surface area contributed by atoms with Gasteiger partial charge in [-0.3, -0.25) is 9.78 Å². The highest BCUT2D eigenvalue weighted by molar-refractivity contribution is 5.85. The lowest BCUT2D eigenvalue weighted by Crippen LogP contribution is -2.46. The molecule has 0 fully saturated rings. The molecule has 0 radical (unpaired) electrons. The van der Waals surface area contributed by atoms with E-state index in [9.17, 15) is 4.79 Å². The van der Waals surface area contributed by atoms with Gasteiger partial charge in [0.15, 0.2) is 0 Å². The highest BCUT2D eigenvalue weighted by atomic mass is 35.5. The largest absolute Gasteiger partial charge is 0.336 e. The van der Waals surface area contributed by atoms with Crippen molar-refractivity contribution >= 4 is 18.3 Å². The highest BCUT2D eigenvalue weighted by Crippen LogP contribution is 2.10. The van der Waals surface area contributed by atoms with Crippen LogP contribution < -0.4 is 5.73 Å². The second-order valence-electron chi connectivity index (χ2n) is 4.58. The third-order valence-corrected chi connectivity index (χ3v) is 3.31. The Hall–Kier alpha value is -1.13. The van der Waals surface area contributed by atoms with E-state index in [1.807, 2.05) is 39.0 Å². The fourth-order valence-electron chi connectivity index (χ4n) is 1.74. The molecular weight excluding hydrogens is 262 g/mol. The van der Waals surface area contributed by atoms with Gasteiger partial charge in [0.2, 0.25) is 5.91 Å². The fraction of sp³-hybridized carbons (Fsp3) is 0.571. The average Bonchev–Trinajstić information content (AvgIpc) is 2.43. The van der Waals surface area contributed by atoms with Gasteiger partial charge in [0.05, 0.1) is 18.3 Å². The number of aromatic nitrogens is 1. The van der Waals surface area contributed by atoms with Gasteiger partial charge >= 0.3 is 0 Å². The minimum absolute atomic E-state index is 0. The Bertz CT molecular complexity index is 372. The molecule has 4 nitrogen and oxygen atoms in total. The van der Waals surface area contributed by atoms with E-state index in [0.717, 1.165) is 12.1 Å². The molecule has 0 saturated heterocycles. The van der Waals surface area contributed by atoms with E-state index in [4.69, 9.17) is 5.73 Å². The van der Waals surface area contributed by atoms with E-state index in [0.29, 0.717) is 13.1 Å². The number of hydrogen-bond acceptors (Lipinski definition) is 3. The molecule has 5 heteroatoms. The summed E-state index contributed by atoms with van der Waals surface area (Å²) in [7, 11) is 0. The van der Waals surface area contributed by atoms with E-state index in [2.05, 4.69) is 4.98 Å². The number of halogens is 1. The van der Waals surface area contributed by atoms with Crippen LogP contribution >= 0.6 is 12.4 Å². The van der Waals surface area contributed by atoms with E-state index in [1.54, 1.807) is 11.1 Å². The summed E-state index contributed by atoms with van der Waals surface area (Å²) in [4.78, 5) is 18.3. The maximum atomic E-state index is 12.3. The summed E-state index contributed by atoms with van der Waals surface area (Å²) in [5.74, 6) is 0.216. The Balaban J connectivity index is 0.00000324. The molecule has 0 aliphatic rings. The first-order chi connectivity index (χ1) is 8.60. The molecule has 0 aliphatic carbocycles. The molecule has 0 spiro atoms. The second-order valence-corrected chi connectivity index (χ2v) is 4.58. The van der Waals surface area contributed by atoms with Crippen LogP contribution in [0.25, 0.3) is 0 Å². The predicted octanol–water partition coefficient (Wildman–Crippen LogP) is 2.23. The molecular formula is C14H24ClN3O. The van der Waals surface area contributed by atoms with E-state index < -0.39 is 6.04 Å². The molecule has 0 aromatic carbocycles. The van der Waals surface area contributed by atoms with Gasteiger partial charge in [0.25, 0.3) is 0 Å². The van der Waals surface area contributed by atoms with Crippen molar-refractivity contribution in [1.29, 1.82) is 0 Å². The zero-order valence-electron chi connectivity index (χ0n) is 11.9. The Morgan fingerprint density at radius 2 is 2.11 bits per heavy atom. The van der Waals surface area contributed by atoms with E-state index >= 15 is 0 Å². The summed E-state index contributed by atoms with van der Waals surface area (Å²) in [6, 6.07) is 5.30. The lowest BCUT2D eigenvalue weighted by molar-refractivity contribution is -0.134.